The first-order valence-electron chi connectivity index (χ1n) is 13.4. The molecule has 1 heterocycles. The summed E-state index contributed by atoms with van der Waals surface area (Å²) >= 11 is 0. The summed E-state index contributed by atoms with van der Waals surface area (Å²) in [4.78, 5) is 12.7. The van der Waals surface area contributed by atoms with Crippen LogP contribution in [0.25, 0.3) is 0 Å². The molecule has 2 fully saturated rings. The highest BCUT2D eigenvalue weighted by Crippen LogP contribution is 2.34. The van der Waals surface area contributed by atoms with Crippen molar-refractivity contribution in [3.8, 4) is 0 Å². The van der Waals surface area contributed by atoms with Crippen LogP contribution in [-0.4, -0.2) is 37.3 Å². The number of aryl methyl sites for hydroxylation is 1. The Morgan fingerprint density at radius 1 is 1.00 bits per heavy atom. The molecule has 10 heteroatoms. The van der Waals surface area contributed by atoms with E-state index in [0.717, 1.165) is 49.9 Å². The van der Waals surface area contributed by atoms with Gasteiger partial charge in [-0.15, -0.1) is 0 Å². The van der Waals surface area contributed by atoms with Crippen LogP contribution in [0.1, 0.15) is 79.7 Å². The molecule has 3 aliphatic rings. The molecular weight excluding hydrogens is 515 g/mol. The Morgan fingerprint density at radius 2 is 1.82 bits per heavy atom. The lowest BCUT2D eigenvalue weighted by Gasteiger charge is -2.35. The van der Waals surface area contributed by atoms with Crippen molar-refractivity contribution >= 4 is 15.9 Å². The topological polar surface area (TPSA) is 78.5 Å². The van der Waals surface area contributed by atoms with Gasteiger partial charge in [0.1, 0.15) is 0 Å². The van der Waals surface area contributed by atoms with Gasteiger partial charge in [-0.3, -0.25) is 4.79 Å². The monoisotopic (exact) mass is 549 g/mol. The molecule has 2 aromatic rings. The SMILES string of the molecule is O=C(CC1CCCCN1S(=O)(=O)c1cccc(C(F)(F)F)c1)NC1CCCc2cc(CNC3CC3)ccc21. The Balaban J connectivity index is 1.27. The van der Waals surface area contributed by atoms with Crippen LogP contribution >= 0.6 is 0 Å². The fourth-order valence-corrected chi connectivity index (χ4v) is 7.35. The molecule has 38 heavy (non-hydrogen) atoms. The van der Waals surface area contributed by atoms with Crippen molar-refractivity contribution in [2.24, 2.45) is 0 Å². The summed E-state index contributed by atoms with van der Waals surface area (Å²) in [6, 6.07) is 10.1. The smallest absolute Gasteiger partial charge is 0.349 e. The number of hydrogen-bond acceptors (Lipinski definition) is 4. The van der Waals surface area contributed by atoms with Crippen LogP contribution in [0, 0.1) is 0 Å². The van der Waals surface area contributed by atoms with Crippen molar-refractivity contribution < 1.29 is 26.4 Å². The first-order valence-corrected chi connectivity index (χ1v) is 14.9. The molecule has 2 aromatic carbocycles. The normalized spacial score (nSPS) is 22.6. The van der Waals surface area contributed by atoms with Crippen LogP contribution in [-0.2, 0) is 34.0 Å². The highest BCUT2D eigenvalue weighted by molar-refractivity contribution is 7.89. The van der Waals surface area contributed by atoms with Crippen molar-refractivity contribution in [2.45, 2.75) is 93.5 Å². The lowest BCUT2D eigenvalue weighted by molar-refractivity contribution is -0.137. The molecule has 1 saturated heterocycles. The van der Waals surface area contributed by atoms with Gasteiger partial charge in [0.25, 0.3) is 0 Å². The maximum absolute atomic E-state index is 13.4. The van der Waals surface area contributed by atoms with Gasteiger partial charge in [-0.25, -0.2) is 8.42 Å². The molecule has 0 radical (unpaired) electrons. The van der Waals surface area contributed by atoms with E-state index in [-0.39, 0.29) is 24.9 Å². The van der Waals surface area contributed by atoms with Gasteiger partial charge in [-0.2, -0.15) is 17.5 Å². The van der Waals surface area contributed by atoms with Crippen LogP contribution in [0.15, 0.2) is 47.4 Å². The molecule has 5 rings (SSSR count). The number of hydrogen-bond donors (Lipinski definition) is 2. The molecule has 2 N–H and O–H groups in total. The van der Waals surface area contributed by atoms with Crippen molar-refractivity contribution in [1.29, 1.82) is 0 Å². The summed E-state index contributed by atoms with van der Waals surface area (Å²) in [5.74, 6) is -0.238. The number of sulfonamides is 1. The van der Waals surface area contributed by atoms with Gasteiger partial charge in [0.2, 0.25) is 15.9 Å². The first kappa shape index (κ1) is 27.1. The molecule has 0 aromatic heterocycles. The molecule has 1 saturated carbocycles. The number of alkyl halides is 3. The van der Waals surface area contributed by atoms with E-state index >= 15 is 0 Å². The molecule has 2 aliphatic carbocycles. The molecule has 0 spiro atoms. The highest BCUT2D eigenvalue weighted by Gasteiger charge is 2.37. The largest absolute Gasteiger partial charge is 0.416 e. The van der Waals surface area contributed by atoms with Gasteiger partial charge < -0.3 is 10.6 Å². The summed E-state index contributed by atoms with van der Waals surface area (Å²) < 4.78 is 67.6. The van der Waals surface area contributed by atoms with E-state index in [1.165, 1.54) is 34.3 Å². The number of carbonyl (C=O) groups is 1. The number of rotatable bonds is 8. The van der Waals surface area contributed by atoms with Gasteiger partial charge >= 0.3 is 6.18 Å². The third-order valence-electron chi connectivity index (χ3n) is 7.79. The lowest BCUT2D eigenvalue weighted by Crippen LogP contribution is -2.46. The maximum atomic E-state index is 13.4. The summed E-state index contributed by atoms with van der Waals surface area (Å²) in [5.41, 5.74) is 2.58. The average Bonchev–Trinajstić information content (AvgIpc) is 3.72. The molecule has 2 unspecified atom stereocenters. The van der Waals surface area contributed by atoms with Crippen molar-refractivity contribution in [3.63, 3.8) is 0 Å². The number of piperidine rings is 1. The van der Waals surface area contributed by atoms with E-state index in [0.29, 0.717) is 24.9 Å². The van der Waals surface area contributed by atoms with E-state index in [9.17, 15) is 26.4 Å². The number of benzene rings is 2. The van der Waals surface area contributed by atoms with Gasteiger partial charge in [-0.1, -0.05) is 30.7 Å². The number of halogens is 3. The van der Waals surface area contributed by atoms with E-state index in [2.05, 4.69) is 28.8 Å². The van der Waals surface area contributed by atoms with E-state index < -0.39 is 32.7 Å². The zero-order valence-electron chi connectivity index (χ0n) is 21.3. The highest BCUT2D eigenvalue weighted by atomic mass is 32.2. The lowest BCUT2D eigenvalue weighted by atomic mass is 9.86. The Morgan fingerprint density at radius 3 is 2.58 bits per heavy atom. The Bertz CT molecular complexity index is 1280. The predicted molar refractivity (Wildman–Crippen MR) is 138 cm³/mol. The molecule has 6 nitrogen and oxygen atoms in total. The summed E-state index contributed by atoms with van der Waals surface area (Å²) in [5, 5.41) is 6.65. The van der Waals surface area contributed by atoms with Crippen LogP contribution in [0.5, 0.6) is 0 Å². The number of carbonyl (C=O) groups excluding carboxylic acids is 1. The van der Waals surface area contributed by atoms with Crippen LogP contribution in [0.3, 0.4) is 0 Å². The van der Waals surface area contributed by atoms with Crippen LogP contribution in [0.4, 0.5) is 13.2 Å². The third-order valence-corrected chi connectivity index (χ3v) is 9.74. The second-order valence-electron chi connectivity index (χ2n) is 10.7. The average molecular weight is 550 g/mol. The Labute approximate surface area is 222 Å². The van der Waals surface area contributed by atoms with Crippen LogP contribution < -0.4 is 10.6 Å². The second kappa shape index (κ2) is 11.0. The molecule has 1 amide bonds. The molecule has 1 aliphatic heterocycles. The Kier molecular flexibility index (Phi) is 7.84. The fourth-order valence-electron chi connectivity index (χ4n) is 5.61. The summed E-state index contributed by atoms with van der Waals surface area (Å²) in [6.07, 6.45) is 2.39. The Hall–Kier alpha value is -2.43. The van der Waals surface area contributed by atoms with Gasteiger partial charge in [0.15, 0.2) is 0 Å². The minimum absolute atomic E-state index is 0.0204. The van der Waals surface area contributed by atoms with E-state index in [1.807, 2.05) is 0 Å². The molecular formula is C28H34F3N3O3S. The molecule has 2 atom stereocenters. The number of fused-ring (bicyclic) bond motifs is 1. The fraction of sp³-hybridized carbons (Fsp3) is 0.536. The van der Waals surface area contributed by atoms with Crippen molar-refractivity contribution in [3.05, 3.63) is 64.7 Å². The zero-order chi connectivity index (χ0) is 26.9. The van der Waals surface area contributed by atoms with Gasteiger partial charge in [0.05, 0.1) is 16.5 Å². The predicted octanol–water partition coefficient (Wildman–Crippen LogP) is 5.08. The molecule has 0 bridgehead atoms. The maximum Gasteiger partial charge on any atom is 0.416 e. The third kappa shape index (κ3) is 6.24. The second-order valence-corrected chi connectivity index (χ2v) is 12.6. The summed E-state index contributed by atoms with van der Waals surface area (Å²) in [7, 11) is -4.19. The molecule has 206 valence electrons. The van der Waals surface area contributed by atoms with Crippen molar-refractivity contribution in [2.75, 3.05) is 6.54 Å². The minimum atomic E-state index is -4.64. The number of amides is 1. The summed E-state index contributed by atoms with van der Waals surface area (Å²) in [6.45, 7) is 1.02. The van der Waals surface area contributed by atoms with Gasteiger partial charge in [0, 0.05) is 31.6 Å². The zero-order valence-corrected chi connectivity index (χ0v) is 22.1. The quantitative estimate of drug-likeness (QED) is 0.481. The van der Waals surface area contributed by atoms with Crippen molar-refractivity contribution in [1.82, 2.24) is 14.9 Å². The first-order chi connectivity index (χ1) is 18.1. The van der Waals surface area contributed by atoms with Crippen LogP contribution in [0.2, 0.25) is 0 Å². The number of nitrogens with zero attached hydrogens (tertiary/aromatic N) is 1. The minimum Gasteiger partial charge on any atom is -0.349 e. The van der Waals surface area contributed by atoms with Gasteiger partial charge in [-0.05, 0) is 79.8 Å². The van der Waals surface area contributed by atoms with E-state index in [4.69, 9.17) is 0 Å². The standard InChI is InChI=1S/C28H34F3N3O3S/c29-28(30,31)21-6-4-8-24(16-21)38(36,37)34-14-2-1-7-23(34)17-27(35)33-26-9-3-5-20-15-19(10-13-25(20)26)18-32-22-11-12-22/h4,6,8,10,13,15-16,22-23,26,32H,1-3,5,7,9,11-12,14,17-18H2,(H,33,35). The number of nitrogens with one attached hydrogen (secondary N) is 2. The van der Waals surface area contributed by atoms with E-state index in [1.54, 1.807) is 0 Å².